The maximum absolute atomic E-state index is 12.9. The van der Waals surface area contributed by atoms with Crippen LogP contribution in [0.15, 0.2) is 18.2 Å². The first-order chi connectivity index (χ1) is 8.09. The number of rotatable bonds is 7. The predicted molar refractivity (Wildman–Crippen MR) is 59.8 cm³/mol. The van der Waals surface area contributed by atoms with Crippen molar-refractivity contribution in [2.45, 2.75) is 6.54 Å². The van der Waals surface area contributed by atoms with Crippen LogP contribution < -0.4 is 11.1 Å². The number of amides is 1. The highest BCUT2D eigenvalue weighted by Gasteiger charge is 2.02. The van der Waals surface area contributed by atoms with Crippen molar-refractivity contribution in [1.82, 2.24) is 5.32 Å². The van der Waals surface area contributed by atoms with Gasteiger partial charge in [-0.2, -0.15) is 0 Å². The number of carbonyl (C=O) groups excluding carboxylic acids is 1. The van der Waals surface area contributed by atoms with Crippen LogP contribution in [-0.4, -0.2) is 30.8 Å². The van der Waals surface area contributed by atoms with Crippen LogP contribution in [0.3, 0.4) is 0 Å². The second kappa shape index (κ2) is 6.82. The Morgan fingerprint density at radius 3 is 3.00 bits per heavy atom. The molecule has 94 valence electrons. The van der Waals surface area contributed by atoms with Crippen LogP contribution in [0.4, 0.5) is 4.39 Å². The molecule has 0 aliphatic carbocycles. The number of nitrogens with two attached hydrogens (primary N) is 1. The molecule has 5 nitrogen and oxygen atoms in total. The summed E-state index contributed by atoms with van der Waals surface area (Å²) in [6, 6.07) is 3.75. The number of phenolic OH excluding ortho intramolecular Hbond substituents is 1. The molecule has 0 saturated carbocycles. The average molecular weight is 242 g/mol. The average Bonchev–Trinajstić information content (AvgIpc) is 2.27. The van der Waals surface area contributed by atoms with Gasteiger partial charge in [0, 0.05) is 18.7 Å². The number of nitrogens with one attached hydrogen (secondary N) is 1. The van der Waals surface area contributed by atoms with Gasteiger partial charge in [-0.15, -0.1) is 0 Å². The van der Waals surface area contributed by atoms with Gasteiger partial charge in [-0.1, -0.05) is 0 Å². The zero-order chi connectivity index (χ0) is 12.7. The molecule has 0 aromatic heterocycles. The fourth-order valence-corrected chi connectivity index (χ4v) is 1.24. The van der Waals surface area contributed by atoms with Crippen molar-refractivity contribution in [3.05, 3.63) is 29.6 Å². The van der Waals surface area contributed by atoms with E-state index in [-0.39, 0.29) is 12.4 Å². The minimum atomic E-state index is -0.521. The standard InChI is InChI=1S/C11H15FN2O3/c12-9-1-2-10(15)8(5-9)6-14-3-4-17-7-11(13)16/h1-2,5,14-15H,3-4,6-7H2,(H2,13,16). The van der Waals surface area contributed by atoms with Crippen molar-refractivity contribution in [1.29, 1.82) is 0 Å². The Morgan fingerprint density at radius 1 is 1.53 bits per heavy atom. The van der Waals surface area contributed by atoms with E-state index in [4.69, 9.17) is 10.5 Å². The summed E-state index contributed by atoms with van der Waals surface area (Å²) >= 11 is 0. The van der Waals surface area contributed by atoms with Crippen LogP contribution in [0.2, 0.25) is 0 Å². The number of phenols is 1. The highest BCUT2D eigenvalue weighted by atomic mass is 19.1. The topological polar surface area (TPSA) is 84.6 Å². The maximum atomic E-state index is 12.9. The van der Waals surface area contributed by atoms with E-state index in [2.05, 4.69) is 5.32 Å². The number of aromatic hydroxyl groups is 1. The molecule has 1 rings (SSSR count). The molecule has 1 amide bonds. The lowest BCUT2D eigenvalue weighted by Gasteiger charge is -2.07. The van der Waals surface area contributed by atoms with Gasteiger partial charge >= 0.3 is 0 Å². The monoisotopic (exact) mass is 242 g/mol. The summed E-state index contributed by atoms with van der Waals surface area (Å²) in [6.07, 6.45) is 0. The Hall–Kier alpha value is -1.66. The van der Waals surface area contributed by atoms with Crippen molar-refractivity contribution in [3.63, 3.8) is 0 Å². The SMILES string of the molecule is NC(=O)COCCNCc1cc(F)ccc1O. The third-order valence-electron chi connectivity index (χ3n) is 2.02. The van der Waals surface area contributed by atoms with Gasteiger partial charge in [0.2, 0.25) is 5.91 Å². The number of benzene rings is 1. The molecule has 6 heteroatoms. The minimum absolute atomic E-state index is 0.0388. The molecule has 0 spiro atoms. The van der Waals surface area contributed by atoms with E-state index in [0.717, 1.165) is 0 Å². The lowest BCUT2D eigenvalue weighted by Crippen LogP contribution is -2.23. The molecule has 0 fully saturated rings. The number of ether oxygens (including phenoxy) is 1. The fourth-order valence-electron chi connectivity index (χ4n) is 1.24. The van der Waals surface area contributed by atoms with Crippen LogP contribution in [0, 0.1) is 5.82 Å². The zero-order valence-electron chi connectivity index (χ0n) is 9.28. The van der Waals surface area contributed by atoms with Crippen LogP contribution in [-0.2, 0) is 16.1 Å². The van der Waals surface area contributed by atoms with Crippen molar-refractivity contribution >= 4 is 5.91 Å². The second-order valence-corrected chi connectivity index (χ2v) is 3.47. The van der Waals surface area contributed by atoms with Crippen molar-refractivity contribution in [2.24, 2.45) is 5.73 Å². The Bertz CT molecular complexity index is 385. The normalized spacial score (nSPS) is 10.4. The minimum Gasteiger partial charge on any atom is -0.508 e. The molecular weight excluding hydrogens is 227 g/mol. The third-order valence-corrected chi connectivity index (χ3v) is 2.02. The quantitative estimate of drug-likeness (QED) is 0.593. The highest BCUT2D eigenvalue weighted by molar-refractivity contribution is 5.74. The molecule has 17 heavy (non-hydrogen) atoms. The first-order valence-electron chi connectivity index (χ1n) is 5.13. The molecular formula is C11H15FN2O3. The number of hydrogen-bond donors (Lipinski definition) is 3. The summed E-state index contributed by atoms with van der Waals surface area (Å²) in [6.45, 7) is 0.999. The number of carbonyl (C=O) groups is 1. The lowest BCUT2D eigenvalue weighted by molar-refractivity contribution is -0.122. The molecule has 0 atom stereocenters. The third kappa shape index (κ3) is 5.28. The predicted octanol–water partition coefficient (Wildman–Crippen LogP) is 0.123. The van der Waals surface area contributed by atoms with Crippen LogP contribution >= 0.6 is 0 Å². The molecule has 1 aromatic rings. The van der Waals surface area contributed by atoms with Gasteiger partial charge in [0.25, 0.3) is 0 Å². The highest BCUT2D eigenvalue weighted by Crippen LogP contribution is 2.17. The maximum Gasteiger partial charge on any atom is 0.243 e. The van der Waals surface area contributed by atoms with Gasteiger partial charge in [0.15, 0.2) is 0 Å². The molecule has 0 saturated heterocycles. The van der Waals surface area contributed by atoms with E-state index in [1.165, 1.54) is 18.2 Å². The second-order valence-electron chi connectivity index (χ2n) is 3.47. The van der Waals surface area contributed by atoms with Crippen molar-refractivity contribution in [3.8, 4) is 5.75 Å². The molecule has 1 aromatic carbocycles. The van der Waals surface area contributed by atoms with Gasteiger partial charge < -0.3 is 20.9 Å². The smallest absolute Gasteiger partial charge is 0.243 e. The first kappa shape index (κ1) is 13.4. The van der Waals surface area contributed by atoms with E-state index >= 15 is 0 Å². The number of primary amides is 1. The van der Waals surface area contributed by atoms with E-state index in [1.54, 1.807) is 0 Å². The molecule has 0 bridgehead atoms. The van der Waals surface area contributed by atoms with Crippen molar-refractivity contribution in [2.75, 3.05) is 19.8 Å². The summed E-state index contributed by atoms with van der Waals surface area (Å²) < 4.78 is 17.8. The molecule has 0 aliphatic heterocycles. The Labute approximate surface area is 98.4 Å². The number of hydrogen-bond acceptors (Lipinski definition) is 4. The van der Waals surface area contributed by atoms with Crippen molar-refractivity contribution < 1.29 is 19.0 Å². The van der Waals surface area contributed by atoms with Gasteiger partial charge in [0.05, 0.1) is 6.61 Å². The first-order valence-corrected chi connectivity index (χ1v) is 5.13. The van der Waals surface area contributed by atoms with Gasteiger partial charge in [-0.3, -0.25) is 4.79 Å². The van der Waals surface area contributed by atoms with Gasteiger partial charge in [-0.05, 0) is 18.2 Å². The van der Waals surface area contributed by atoms with E-state index in [0.29, 0.717) is 25.3 Å². The largest absolute Gasteiger partial charge is 0.508 e. The summed E-state index contributed by atoms with van der Waals surface area (Å²) in [5.74, 6) is -0.880. The molecule has 0 heterocycles. The summed E-state index contributed by atoms with van der Waals surface area (Å²) in [7, 11) is 0. The van der Waals surface area contributed by atoms with Gasteiger partial charge in [-0.25, -0.2) is 4.39 Å². The lowest BCUT2D eigenvalue weighted by atomic mass is 10.2. The molecule has 0 aliphatic rings. The molecule has 0 unspecified atom stereocenters. The summed E-state index contributed by atoms with van der Waals surface area (Å²) in [5.41, 5.74) is 5.35. The Balaban J connectivity index is 2.22. The van der Waals surface area contributed by atoms with Crippen LogP contribution in [0.1, 0.15) is 5.56 Å². The van der Waals surface area contributed by atoms with E-state index < -0.39 is 11.7 Å². The number of halogens is 1. The van der Waals surface area contributed by atoms with Gasteiger partial charge in [0.1, 0.15) is 18.2 Å². The zero-order valence-corrected chi connectivity index (χ0v) is 9.28. The Kier molecular flexibility index (Phi) is 5.38. The summed E-state index contributed by atoms with van der Waals surface area (Å²) in [5, 5.41) is 12.4. The molecule has 4 N–H and O–H groups in total. The van der Waals surface area contributed by atoms with E-state index in [1.807, 2.05) is 0 Å². The fraction of sp³-hybridized carbons (Fsp3) is 0.364. The molecule has 0 radical (unpaired) electrons. The summed E-state index contributed by atoms with van der Waals surface area (Å²) in [4.78, 5) is 10.3. The van der Waals surface area contributed by atoms with Crippen LogP contribution in [0.5, 0.6) is 5.75 Å². The Morgan fingerprint density at radius 2 is 2.29 bits per heavy atom. The van der Waals surface area contributed by atoms with Crippen LogP contribution in [0.25, 0.3) is 0 Å². The van der Waals surface area contributed by atoms with E-state index in [9.17, 15) is 14.3 Å².